The summed E-state index contributed by atoms with van der Waals surface area (Å²) in [5.74, 6) is -0.139. The molecule has 0 fully saturated rings. The SMILES string of the molecule is CCOc1c(Br)cc(C(=O)OC(C)C(=O)Nc2ccc(C)cc2C)cc1OC. The lowest BCUT2D eigenvalue weighted by Gasteiger charge is -2.16. The summed E-state index contributed by atoms with van der Waals surface area (Å²) in [7, 11) is 1.49. The van der Waals surface area contributed by atoms with Crippen molar-refractivity contribution in [3.63, 3.8) is 0 Å². The molecule has 0 spiro atoms. The lowest BCUT2D eigenvalue weighted by atomic mass is 10.1. The van der Waals surface area contributed by atoms with Crippen LogP contribution in [0, 0.1) is 13.8 Å². The summed E-state index contributed by atoms with van der Waals surface area (Å²) in [4.78, 5) is 24.9. The van der Waals surface area contributed by atoms with Gasteiger partial charge in [0.1, 0.15) is 0 Å². The summed E-state index contributed by atoms with van der Waals surface area (Å²) >= 11 is 3.37. The van der Waals surface area contributed by atoms with Crippen molar-refractivity contribution >= 4 is 33.5 Å². The maximum Gasteiger partial charge on any atom is 0.339 e. The van der Waals surface area contributed by atoms with Crippen LogP contribution >= 0.6 is 15.9 Å². The van der Waals surface area contributed by atoms with Crippen molar-refractivity contribution in [2.24, 2.45) is 0 Å². The predicted molar refractivity (Wildman–Crippen MR) is 111 cm³/mol. The molecule has 0 aliphatic rings. The van der Waals surface area contributed by atoms with Crippen LogP contribution in [0.3, 0.4) is 0 Å². The maximum atomic E-state index is 12.5. The molecule has 2 rings (SSSR count). The van der Waals surface area contributed by atoms with Gasteiger partial charge in [-0.1, -0.05) is 17.7 Å². The summed E-state index contributed by atoms with van der Waals surface area (Å²) in [6.45, 7) is 7.71. The van der Waals surface area contributed by atoms with Crippen molar-refractivity contribution in [1.82, 2.24) is 0 Å². The van der Waals surface area contributed by atoms with E-state index in [-0.39, 0.29) is 5.56 Å². The third kappa shape index (κ3) is 5.25. The Hall–Kier alpha value is -2.54. The highest BCUT2D eigenvalue weighted by Gasteiger charge is 2.22. The summed E-state index contributed by atoms with van der Waals surface area (Å²) in [6.07, 6.45) is -0.968. The number of halogens is 1. The standard InChI is InChI=1S/C21H24BrNO5/c1-6-27-19-16(22)10-15(11-18(19)26-5)21(25)28-14(4)20(24)23-17-8-7-12(2)9-13(17)3/h7-11,14H,6H2,1-5H3,(H,23,24). The van der Waals surface area contributed by atoms with Gasteiger partial charge in [-0.15, -0.1) is 0 Å². The van der Waals surface area contributed by atoms with Crippen molar-refractivity contribution in [2.75, 3.05) is 19.0 Å². The summed E-state index contributed by atoms with van der Waals surface area (Å²) in [5.41, 5.74) is 2.97. The van der Waals surface area contributed by atoms with Crippen molar-refractivity contribution < 1.29 is 23.8 Å². The number of methoxy groups -OCH3 is 1. The zero-order valence-corrected chi connectivity index (χ0v) is 18.2. The average molecular weight is 450 g/mol. The fourth-order valence-electron chi connectivity index (χ4n) is 2.59. The third-order valence-corrected chi connectivity index (χ3v) is 4.64. The largest absolute Gasteiger partial charge is 0.493 e. The molecule has 28 heavy (non-hydrogen) atoms. The van der Waals surface area contributed by atoms with E-state index in [1.807, 2.05) is 39.0 Å². The molecule has 2 aromatic carbocycles. The second-order valence-electron chi connectivity index (χ2n) is 6.28. The molecular weight excluding hydrogens is 426 g/mol. The van der Waals surface area contributed by atoms with Gasteiger partial charge in [-0.25, -0.2) is 4.79 Å². The maximum absolute atomic E-state index is 12.5. The Labute approximate surface area is 173 Å². The van der Waals surface area contributed by atoms with E-state index < -0.39 is 18.0 Å². The van der Waals surface area contributed by atoms with Crippen LogP contribution < -0.4 is 14.8 Å². The Morgan fingerprint density at radius 3 is 2.50 bits per heavy atom. The normalized spacial score (nSPS) is 11.5. The molecule has 6 nitrogen and oxygen atoms in total. The van der Waals surface area contributed by atoms with Gasteiger partial charge in [0, 0.05) is 5.69 Å². The highest BCUT2D eigenvalue weighted by Crippen LogP contribution is 2.36. The average Bonchev–Trinajstić information content (AvgIpc) is 2.65. The van der Waals surface area contributed by atoms with E-state index in [0.29, 0.717) is 28.3 Å². The van der Waals surface area contributed by atoms with Crippen LogP contribution in [0.4, 0.5) is 5.69 Å². The van der Waals surface area contributed by atoms with Crippen LogP contribution in [0.2, 0.25) is 0 Å². The predicted octanol–water partition coefficient (Wildman–Crippen LogP) is 4.66. The molecule has 1 unspecified atom stereocenters. The molecule has 150 valence electrons. The Kier molecular flexibility index (Phi) is 7.45. The van der Waals surface area contributed by atoms with Gasteiger partial charge >= 0.3 is 5.97 Å². The highest BCUT2D eigenvalue weighted by molar-refractivity contribution is 9.10. The number of hydrogen-bond acceptors (Lipinski definition) is 5. The number of amides is 1. The third-order valence-electron chi connectivity index (χ3n) is 4.05. The second kappa shape index (κ2) is 9.59. The molecule has 0 bridgehead atoms. The lowest BCUT2D eigenvalue weighted by molar-refractivity contribution is -0.123. The fourth-order valence-corrected chi connectivity index (χ4v) is 3.15. The van der Waals surface area contributed by atoms with E-state index in [4.69, 9.17) is 14.2 Å². The van der Waals surface area contributed by atoms with Crippen LogP contribution in [-0.2, 0) is 9.53 Å². The van der Waals surface area contributed by atoms with Gasteiger partial charge in [-0.3, -0.25) is 4.79 Å². The molecule has 0 aromatic heterocycles. The number of ether oxygens (including phenoxy) is 3. The number of carbonyl (C=O) groups excluding carboxylic acids is 2. The first-order valence-corrected chi connectivity index (χ1v) is 9.65. The van der Waals surface area contributed by atoms with E-state index >= 15 is 0 Å². The molecule has 0 saturated carbocycles. The quantitative estimate of drug-likeness (QED) is 0.622. The Morgan fingerprint density at radius 1 is 1.18 bits per heavy atom. The van der Waals surface area contributed by atoms with Crippen LogP contribution in [0.25, 0.3) is 0 Å². The van der Waals surface area contributed by atoms with Crippen LogP contribution in [-0.4, -0.2) is 31.7 Å². The fraction of sp³-hybridized carbons (Fsp3) is 0.333. The smallest absolute Gasteiger partial charge is 0.339 e. The van der Waals surface area contributed by atoms with Crippen molar-refractivity contribution in [3.05, 3.63) is 51.5 Å². The zero-order chi connectivity index (χ0) is 20.8. The topological polar surface area (TPSA) is 73.9 Å². The summed E-state index contributed by atoms with van der Waals surface area (Å²) < 4.78 is 16.7. The highest BCUT2D eigenvalue weighted by atomic mass is 79.9. The molecule has 1 N–H and O–H groups in total. The van der Waals surface area contributed by atoms with Gasteiger partial charge in [0.2, 0.25) is 0 Å². The summed E-state index contributed by atoms with van der Waals surface area (Å²) in [6, 6.07) is 8.79. The number of esters is 1. The number of nitrogens with one attached hydrogen (secondary N) is 1. The lowest BCUT2D eigenvalue weighted by Crippen LogP contribution is -2.30. The zero-order valence-electron chi connectivity index (χ0n) is 16.6. The number of aryl methyl sites for hydroxylation is 2. The van der Waals surface area contributed by atoms with Crippen LogP contribution in [0.15, 0.2) is 34.8 Å². The number of hydrogen-bond donors (Lipinski definition) is 1. The Morgan fingerprint density at radius 2 is 1.89 bits per heavy atom. The molecular formula is C21H24BrNO5. The van der Waals surface area contributed by atoms with Gasteiger partial charge in [0.05, 0.1) is 23.8 Å². The van der Waals surface area contributed by atoms with Crippen molar-refractivity contribution in [3.8, 4) is 11.5 Å². The van der Waals surface area contributed by atoms with Crippen molar-refractivity contribution in [2.45, 2.75) is 33.8 Å². The van der Waals surface area contributed by atoms with Gasteiger partial charge in [0.15, 0.2) is 17.6 Å². The number of benzene rings is 2. The molecule has 0 radical (unpaired) electrons. The molecule has 0 heterocycles. The van der Waals surface area contributed by atoms with Gasteiger partial charge in [-0.05, 0) is 67.4 Å². The van der Waals surface area contributed by atoms with Crippen LogP contribution in [0.5, 0.6) is 11.5 Å². The number of carbonyl (C=O) groups is 2. The molecule has 2 aromatic rings. The van der Waals surface area contributed by atoms with Crippen molar-refractivity contribution in [1.29, 1.82) is 0 Å². The van der Waals surface area contributed by atoms with Crippen LogP contribution in [0.1, 0.15) is 35.3 Å². The number of anilines is 1. The van der Waals surface area contributed by atoms with E-state index in [0.717, 1.165) is 11.1 Å². The van der Waals surface area contributed by atoms with Gasteiger partial charge in [-0.2, -0.15) is 0 Å². The van der Waals surface area contributed by atoms with Gasteiger partial charge < -0.3 is 19.5 Å². The van der Waals surface area contributed by atoms with E-state index in [2.05, 4.69) is 21.2 Å². The summed E-state index contributed by atoms with van der Waals surface area (Å²) in [5, 5.41) is 2.78. The van der Waals surface area contributed by atoms with E-state index in [1.165, 1.54) is 20.1 Å². The minimum atomic E-state index is -0.968. The monoisotopic (exact) mass is 449 g/mol. The first-order valence-electron chi connectivity index (χ1n) is 8.86. The molecule has 1 amide bonds. The second-order valence-corrected chi connectivity index (χ2v) is 7.13. The minimum absolute atomic E-state index is 0.248. The molecule has 0 aliphatic carbocycles. The molecule has 0 saturated heterocycles. The molecule has 1 atom stereocenters. The minimum Gasteiger partial charge on any atom is -0.493 e. The molecule has 7 heteroatoms. The number of rotatable bonds is 7. The Balaban J connectivity index is 2.11. The van der Waals surface area contributed by atoms with E-state index in [1.54, 1.807) is 6.07 Å². The molecule has 0 aliphatic heterocycles. The first kappa shape index (κ1) is 21.8. The first-order chi connectivity index (χ1) is 13.3. The Bertz CT molecular complexity index is 881. The van der Waals surface area contributed by atoms with E-state index in [9.17, 15) is 9.59 Å². The van der Waals surface area contributed by atoms with Gasteiger partial charge in [0.25, 0.3) is 5.91 Å².